The number of nitrogens with one attached hydrogen (secondary N) is 1. The van der Waals surface area contributed by atoms with Crippen molar-refractivity contribution in [3.63, 3.8) is 0 Å². The van der Waals surface area contributed by atoms with Gasteiger partial charge in [-0.1, -0.05) is 11.2 Å². The maximum absolute atomic E-state index is 12.5. The third kappa shape index (κ3) is 3.74. The summed E-state index contributed by atoms with van der Waals surface area (Å²) >= 11 is 0. The van der Waals surface area contributed by atoms with Gasteiger partial charge in [-0.2, -0.15) is 13.2 Å². The van der Waals surface area contributed by atoms with Gasteiger partial charge in [0, 0.05) is 12.6 Å². The lowest BCUT2D eigenvalue weighted by molar-refractivity contribution is -0.137. The maximum Gasteiger partial charge on any atom is 0.416 e. The van der Waals surface area contributed by atoms with Crippen LogP contribution in [-0.4, -0.2) is 12.2 Å². The van der Waals surface area contributed by atoms with Crippen molar-refractivity contribution in [2.24, 2.45) is 0 Å². The second-order valence-corrected chi connectivity index (χ2v) is 4.13. The number of halogens is 3. The fourth-order valence-electron chi connectivity index (χ4n) is 1.60. The van der Waals surface area contributed by atoms with E-state index in [9.17, 15) is 13.2 Å². The number of nitrogens with zero attached hydrogens (tertiary/aromatic N) is 1. The topological polar surface area (TPSA) is 47.3 Å². The van der Waals surface area contributed by atoms with Crippen LogP contribution in [0.15, 0.2) is 34.9 Å². The fourth-order valence-corrected chi connectivity index (χ4v) is 1.60. The monoisotopic (exact) mass is 286 g/mol. The summed E-state index contributed by atoms with van der Waals surface area (Å²) in [5, 5.41) is 6.68. The Bertz CT molecular complexity index is 567. The minimum absolute atomic E-state index is 0.0258. The standard InChI is InChI=1S/C13H13F3N2O2/c1-17-7-10-6-12(20-18-10)8-19-11-4-2-3-9(5-11)13(14,15)16/h2-6,17H,7-8H2,1H3. The molecular formula is C13H13F3N2O2. The first-order valence-corrected chi connectivity index (χ1v) is 5.88. The molecule has 0 aliphatic carbocycles. The van der Waals surface area contributed by atoms with Gasteiger partial charge in [0.2, 0.25) is 0 Å². The highest BCUT2D eigenvalue weighted by atomic mass is 19.4. The van der Waals surface area contributed by atoms with Gasteiger partial charge in [-0.05, 0) is 25.2 Å². The van der Waals surface area contributed by atoms with Crippen LogP contribution in [0.25, 0.3) is 0 Å². The van der Waals surface area contributed by atoms with Crippen LogP contribution >= 0.6 is 0 Å². The molecule has 0 aliphatic heterocycles. The van der Waals surface area contributed by atoms with Crippen molar-refractivity contribution in [3.8, 4) is 5.75 Å². The third-order valence-corrected chi connectivity index (χ3v) is 2.51. The molecule has 0 spiro atoms. The molecule has 0 bridgehead atoms. The Morgan fingerprint density at radius 1 is 1.30 bits per heavy atom. The lowest BCUT2D eigenvalue weighted by Crippen LogP contribution is -2.05. The first kappa shape index (κ1) is 14.4. The average molecular weight is 286 g/mol. The first-order valence-electron chi connectivity index (χ1n) is 5.88. The number of ether oxygens (including phenoxy) is 1. The van der Waals surface area contributed by atoms with E-state index in [4.69, 9.17) is 9.26 Å². The fraction of sp³-hybridized carbons (Fsp3) is 0.308. The molecule has 0 atom stereocenters. The summed E-state index contributed by atoms with van der Waals surface area (Å²) in [6.45, 7) is 0.574. The van der Waals surface area contributed by atoms with E-state index >= 15 is 0 Å². The molecule has 7 heteroatoms. The molecule has 0 saturated heterocycles. The van der Waals surface area contributed by atoms with Crippen molar-refractivity contribution < 1.29 is 22.4 Å². The van der Waals surface area contributed by atoms with E-state index in [0.717, 1.165) is 12.1 Å². The second-order valence-electron chi connectivity index (χ2n) is 4.13. The summed E-state index contributed by atoms with van der Waals surface area (Å²) in [4.78, 5) is 0. The van der Waals surface area contributed by atoms with Crippen molar-refractivity contribution >= 4 is 0 Å². The number of rotatable bonds is 5. The van der Waals surface area contributed by atoms with Crippen molar-refractivity contribution in [1.82, 2.24) is 10.5 Å². The van der Waals surface area contributed by atoms with Crippen LogP contribution in [0.4, 0.5) is 13.2 Å². The van der Waals surface area contributed by atoms with E-state index in [1.165, 1.54) is 12.1 Å². The first-order chi connectivity index (χ1) is 9.49. The predicted molar refractivity (Wildman–Crippen MR) is 65.0 cm³/mol. The second kappa shape index (κ2) is 5.96. The molecule has 1 heterocycles. The number of hydrogen-bond donors (Lipinski definition) is 1. The molecule has 2 aromatic rings. The molecule has 4 nitrogen and oxygen atoms in total. The Hall–Kier alpha value is -2.02. The van der Waals surface area contributed by atoms with E-state index in [-0.39, 0.29) is 12.4 Å². The Kier molecular flexibility index (Phi) is 4.29. The molecule has 0 saturated carbocycles. The smallest absolute Gasteiger partial charge is 0.416 e. The molecule has 20 heavy (non-hydrogen) atoms. The van der Waals surface area contributed by atoms with Gasteiger partial charge in [0.05, 0.1) is 11.3 Å². The minimum Gasteiger partial charge on any atom is -0.486 e. The Morgan fingerprint density at radius 2 is 2.10 bits per heavy atom. The van der Waals surface area contributed by atoms with Gasteiger partial charge < -0.3 is 14.6 Å². The number of hydrogen-bond acceptors (Lipinski definition) is 4. The highest BCUT2D eigenvalue weighted by molar-refractivity contribution is 5.30. The molecule has 108 valence electrons. The molecule has 1 N–H and O–H groups in total. The van der Waals surface area contributed by atoms with Crippen molar-refractivity contribution in [2.45, 2.75) is 19.3 Å². The van der Waals surface area contributed by atoms with E-state index in [2.05, 4.69) is 10.5 Å². The Labute approximate surface area is 113 Å². The van der Waals surface area contributed by atoms with Crippen LogP contribution < -0.4 is 10.1 Å². The van der Waals surface area contributed by atoms with Crippen molar-refractivity contribution in [3.05, 3.63) is 47.3 Å². The van der Waals surface area contributed by atoms with Crippen LogP contribution in [0, 0.1) is 0 Å². The molecule has 0 amide bonds. The van der Waals surface area contributed by atoms with E-state index in [1.54, 1.807) is 13.1 Å². The van der Waals surface area contributed by atoms with Crippen molar-refractivity contribution in [2.75, 3.05) is 7.05 Å². The third-order valence-electron chi connectivity index (χ3n) is 2.51. The minimum atomic E-state index is -4.38. The summed E-state index contributed by atoms with van der Waals surface area (Å²) < 4.78 is 47.8. The zero-order valence-electron chi connectivity index (χ0n) is 10.7. The van der Waals surface area contributed by atoms with Crippen LogP contribution in [0.3, 0.4) is 0 Å². The van der Waals surface area contributed by atoms with Gasteiger partial charge in [0.1, 0.15) is 12.4 Å². The largest absolute Gasteiger partial charge is 0.486 e. The molecule has 0 aliphatic rings. The maximum atomic E-state index is 12.5. The number of benzene rings is 1. The van der Waals surface area contributed by atoms with Gasteiger partial charge >= 0.3 is 6.18 Å². The summed E-state index contributed by atoms with van der Waals surface area (Å²) in [5.41, 5.74) is -0.0430. The van der Waals surface area contributed by atoms with Crippen molar-refractivity contribution in [1.29, 1.82) is 0 Å². The summed E-state index contributed by atoms with van der Waals surface area (Å²) in [6, 6.07) is 6.38. The Balaban J connectivity index is 1.99. The number of alkyl halides is 3. The average Bonchev–Trinajstić information content (AvgIpc) is 2.84. The highest BCUT2D eigenvalue weighted by Gasteiger charge is 2.30. The molecule has 0 fully saturated rings. The van der Waals surface area contributed by atoms with E-state index in [1.807, 2.05) is 0 Å². The van der Waals surface area contributed by atoms with Gasteiger partial charge in [0.25, 0.3) is 0 Å². The molecular weight excluding hydrogens is 273 g/mol. The summed E-state index contributed by atoms with van der Waals surface area (Å²) in [6.07, 6.45) is -4.38. The molecule has 0 unspecified atom stereocenters. The van der Waals surface area contributed by atoms with Gasteiger partial charge in [-0.15, -0.1) is 0 Å². The van der Waals surface area contributed by atoms with Crippen LogP contribution in [0.2, 0.25) is 0 Å². The van der Waals surface area contributed by atoms with Crippen LogP contribution in [0.1, 0.15) is 17.0 Å². The summed E-state index contributed by atoms with van der Waals surface area (Å²) in [5.74, 6) is 0.582. The van der Waals surface area contributed by atoms with Crippen LogP contribution in [0.5, 0.6) is 5.75 Å². The SMILES string of the molecule is CNCc1cc(COc2cccc(C(F)(F)F)c2)on1. The molecule has 0 radical (unpaired) electrons. The van der Waals surface area contributed by atoms with Gasteiger partial charge in [0.15, 0.2) is 5.76 Å². The zero-order chi connectivity index (χ0) is 14.6. The normalized spacial score (nSPS) is 11.6. The zero-order valence-corrected chi connectivity index (χ0v) is 10.7. The van der Waals surface area contributed by atoms with E-state index < -0.39 is 11.7 Å². The van der Waals surface area contributed by atoms with E-state index in [0.29, 0.717) is 18.0 Å². The lowest BCUT2D eigenvalue weighted by Gasteiger charge is -2.09. The van der Waals surface area contributed by atoms with Gasteiger partial charge in [-0.25, -0.2) is 0 Å². The molecule has 2 rings (SSSR count). The van der Waals surface area contributed by atoms with Gasteiger partial charge in [-0.3, -0.25) is 0 Å². The molecule has 1 aromatic heterocycles. The highest BCUT2D eigenvalue weighted by Crippen LogP contribution is 2.31. The molecule has 1 aromatic carbocycles. The number of aromatic nitrogens is 1. The summed E-state index contributed by atoms with van der Waals surface area (Å²) in [7, 11) is 1.77. The lowest BCUT2D eigenvalue weighted by atomic mass is 10.2. The quantitative estimate of drug-likeness (QED) is 0.918. The van der Waals surface area contributed by atoms with Crippen LogP contribution in [-0.2, 0) is 19.3 Å². The predicted octanol–water partition coefficient (Wildman–Crippen LogP) is 2.99. The Morgan fingerprint density at radius 3 is 2.80 bits per heavy atom.